The molecule has 0 saturated carbocycles. The standard InChI is InChI=1S/C10H17FN4/c1-7(2)4-5-13-9-8(11)6-14-10(12-3)15-9/h6-7H,4-5H2,1-3H3,(H2,12,13,14,15). The molecular weight excluding hydrogens is 195 g/mol. The molecule has 1 rings (SSSR count). The number of hydrogen-bond acceptors (Lipinski definition) is 4. The van der Waals surface area contributed by atoms with Gasteiger partial charge in [0.15, 0.2) is 11.6 Å². The van der Waals surface area contributed by atoms with Crippen molar-refractivity contribution in [2.75, 3.05) is 24.2 Å². The van der Waals surface area contributed by atoms with Crippen LogP contribution in [0, 0.1) is 11.7 Å². The van der Waals surface area contributed by atoms with Crippen LogP contribution in [0.4, 0.5) is 16.2 Å². The summed E-state index contributed by atoms with van der Waals surface area (Å²) in [5.41, 5.74) is 0. The van der Waals surface area contributed by atoms with Crippen LogP contribution in [0.25, 0.3) is 0 Å². The summed E-state index contributed by atoms with van der Waals surface area (Å²) in [4.78, 5) is 7.74. The first-order chi connectivity index (χ1) is 7.13. The Morgan fingerprint density at radius 3 is 2.80 bits per heavy atom. The van der Waals surface area contributed by atoms with Gasteiger partial charge in [0.1, 0.15) is 0 Å². The van der Waals surface area contributed by atoms with E-state index >= 15 is 0 Å². The third-order valence-electron chi connectivity index (χ3n) is 1.98. The SMILES string of the molecule is CNc1ncc(F)c(NCCC(C)C)n1. The molecule has 0 aliphatic heterocycles. The Balaban J connectivity index is 2.59. The van der Waals surface area contributed by atoms with Gasteiger partial charge in [-0.3, -0.25) is 0 Å². The van der Waals surface area contributed by atoms with Gasteiger partial charge in [0, 0.05) is 13.6 Å². The van der Waals surface area contributed by atoms with E-state index in [4.69, 9.17) is 0 Å². The topological polar surface area (TPSA) is 49.8 Å². The van der Waals surface area contributed by atoms with Gasteiger partial charge in [-0.15, -0.1) is 0 Å². The van der Waals surface area contributed by atoms with Crippen LogP contribution in [-0.2, 0) is 0 Å². The van der Waals surface area contributed by atoms with Crippen LogP contribution in [0.2, 0.25) is 0 Å². The van der Waals surface area contributed by atoms with Gasteiger partial charge in [0.05, 0.1) is 6.20 Å². The molecule has 0 aromatic carbocycles. The van der Waals surface area contributed by atoms with Crippen molar-refractivity contribution in [3.05, 3.63) is 12.0 Å². The first-order valence-electron chi connectivity index (χ1n) is 5.07. The summed E-state index contributed by atoms with van der Waals surface area (Å²) in [6, 6.07) is 0. The first kappa shape index (κ1) is 11.7. The van der Waals surface area contributed by atoms with Crippen LogP contribution >= 0.6 is 0 Å². The van der Waals surface area contributed by atoms with Crippen molar-refractivity contribution in [1.29, 1.82) is 0 Å². The highest BCUT2D eigenvalue weighted by molar-refractivity contribution is 5.40. The largest absolute Gasteiger partial charge is 0.367 e. The molecule has 0 amide bonds. The molecule has 0 unspecified atom stereocenters. The number of nitrogens with zero attached hydrogens (tertiary/aromatic N) is 2. The van der Waals surface area contributed by atoms with E-state index in [0.29, 0.717) is 11.9 Å². The lowest BCUT2D eigenvalue weighted by molar-refractivity contribution is 0.594. The van der Waals surface area contributed by atoms with E-state index in [1.807, 2.05) is 0 Å². The quantitative estimate of drug-likeness (QED) is 0.785. The van der Waals surface area contributed by atoms with E-state index in [2.05, 4.69) is 34.4 Å². The molecule has 1 heterocycles. The highest BCUT2D eigenvalue weighted by Gasteiger charge is 2.05. The minimum atomic E-state index is -0.419. The average molecular weight is 212 g/mol. The van der Waals surface area contributed by atoms with Crippen LogP contribution in [0.5, 0.6) is 0 Å². The predicted octanol–water partition coefficient (Wildman–Crippen LogP) is 2.12. The smallest absolute Gasteiger partial charge is 0.224 e. The normalized spacial score (nSPS) is 10.5. The van der Waals surface area contributed by atoms with Gasteiger partial charge >= 0.3 is 0 Å². The van der Waals surface area contributed by atoms with E-state index in [0.717, 1.165) is 19.2 Å². The number of rotatable bonds is 5. The van der Waals surface area contributed by atoms with Crippen molar-refractivity contribution >= 4 is 11.8 Å². The van der Waals surface area contributed by atoms with Crippen LogP contribution in [0.15, 0.2) is 6.20 Å². The molecule has 0 fully saturated rings. The second kappa shape index (κ2) is 5.48. The van der Waals surface area contributed by atoms with Gasteiger partial charge in [0.25, 0.3) is 0 Å². The lowest BCUT2D eigenvalue weighted by Crippen LogP contribution is -2.09. The fourth-order valence-electron chi connectivity index (χ4n) is 1.09. The monoisotopic (exact) mass is 212 g/mol. The molecule has 15 heavy (non-hydrogen) atoms. The molecule has 2 N–H and O–H groups in total. The molecule has 0 spiro atoms. The highest BCUT2D eigenvalue weighted by Crippen LogP contribution is 2.11. The van der Waals surface area contributed by atoms with Crippen LogP contribution in [0.3, 0.4) is 0 Å². The lowest BCUT2D eigenvalue weighted by Gasteiger charge is -2.09. The number of hydrogen-bond donors (Lipinski definition) is 2. The van der Waals surface area contributed by atoms with Gasteiger partial charge < -0.3 is 10.6 Å². The zero-order valence-electron chi connectivity index (χ0n) is 9.34. The van der Waals surface area contributed by atoms with Crippen LogP contribution in [0.1, 0.15) is 20.3 Å². The average Bonchev–Trinajstić information content (AvgIpc) is 2.20. The Morgan fingerprint density at radius 1 is 1.47 bits per heavy atom. The van der Waals surface area contributed by atoms with E-state index in [1.165, 1.54) is 0 Å². The number of nitrogens with one attached hydrogen (secondary N) is 2. The molecule has 5 heteroatoms. The molecular formula is C10H17FN4. The molecule has 4 nitrogen and oxygen atoms in total. The summed E-state index contributed by atoms with van der Waals surface area (Å²) in [5, 5.41) is 5.72. The van der Waals surface area contributed by atoms with Crippen molar-refractivity contribution in [3.8, 4) is 0 Å². The summed E-state index contributed by atoms with van der Waals surface area (Å²) >= 11 is 0. The van der Waals surface area contributed by atoms with Gasteiger partial charge in [0.2, 0.25) is 5.95 Å². The Hall–Kier alpha value is -1.39. The second-order valence-corrected chi connectivity index (χ2v) is 3.75. The van der Waals surface area contributed by atoms with Crippen LogP contribution < -0.4 is 10.6 Å². The van der Waals surface area contributed by atoms with E-state index in [1.54, 1.807) is 7.05 Å². The first-order valence-corrected chi connectivity index (χ1v) is 5.07. The van der Waals surface area contributed by atoms with Crippen molar-refractivity contribution in [2.45, 2.75) is 20.3 Å². The minimum Gasteiger partial charge on any atom is -0.367 e. The molecule has 0 saturated heterocycles. The van der Waals surface area contributed by atoms with Crippen molar-refractivity contribution in [3.63, 3.8) is 0 Å². The molecule has 0 radical (unpaired) electrons. The molecule has 0 aliphatic carbocycles. The van der Waals surface area contributed by atoms with E-state index < -0.39 is 5.82 Å². The highest BCUT2D eigenvalue weighted by atomic mass is 19.1. The Bertz CT molecular complexity index is 314. The third-order valence-corrected chi connectivity index (χ3v) is 1.98. The summed E-state index contributed by atoms with van der Waals surface area (Å²) in [7, 11) is 1.70. The molecule has 84 valence electrons. The number of anilines is 2. The minimum absolute atomic E-state index is 0.259. The number of halogens is 1. The molecule has 0 bridgehead atoms. The molecule has 1 aromatic rings. The van der Waals surface area contributed by atoms with Gasteiger partial charge in [-0.25, -0.2) is 9.37 Å². The predicted molar refractivity (Wildman–Crippen MR) is 59.5 cm³/mol. The Kier molecular flexibility index (Phi) is 4.27. The third kappa shape index (κ3) is 3.69. The number of aromatic nitrogens is 2. The maximum absolute atomic E-state index is 13.2. The Morgan fingerprint density at radius 2 is 2.20 bits per heavy atom. The van der Waals surface area contributed by atoms with Crippen LogP contribution in [-0.4, -0.2) is 23.6 Å². The zero-order chi connectivity index (χ0) is 11.3. The van der Waals surface area contributed by atoms with Crippen molar-refractivity contribution < 1.29 is 4.39 Å². The summed E-state index contributed by atoms with van der Waals surface area (Å²) in [5.74, 6) is 0.849. The van der Waals surface area contributed by atoms with Gasteiger partial charge in [-0.2, -0.15) is 4.98 Å². The fourth-order valence-corrected chi connectivity index (χ4v) is 1.09. The summed E-state index contributed by atoms with van der Waals surface area (Å²) in [6.07, 6.45) is 2.15. The van der Waals surface area contributed by atoms with Gasteiger partial charge in [-0.1, -0.05) is 13.8 Å². The zero-order valence-corrected chi connectivity index (χ0v) is 9.34. The maximum atomic E-state index is 13.2. The molecule has 1 aromatic heterocycles. The summed E-state index contributed by atoms with van der Waals surface area (Å²) in [6.45, 7) is 4.96. The van der Waals surface area contributed by atoms with E-state index in [9.17, 15) is 4.39 Å². The summed E-state index contributed by atoms with van der Waals surface area (Å²) < 4.78 is 13.2. The van der Waals surface area contributed by atoms with Crippen molar-refractivity contribution in [2.24, 2.45) is 5.92 Å². The maximum Gasteiger partial charge on any atom is 0.224 e. The fraction of sp³-hybridized carbons (Fsp3) is 0.600. The Labute approximate surface area is 89.3 Å². The lowest BCUT2D eigenvalue weighted by atomic mass is 10.1. The molecule has 0 atom stereocenters. The van der Waals surface area contributed by atoms with Crippen molar-refractivity contribution in [1.82, 2.24) is 9.97 Å². The molecule has 0 aliphatic rings. The van der Waals surface area contributed by atoms with E-state index in [-0.39, 0.29) is 5.82 Å². The second-order valence-electron chi connectivity index (χ2n) is 3.75. The van der Waals surface area contributed by atoms with Gasteiger partial charge in [-0.05, 0) is 12.3 Å².